The normalized spacial score (nSPS) is 10.4. The summed E-state index contributed by atoms with van der Waals surface area (Å²) in [6.45, 7) is 1.70. The lowest BCUT2D eigenvalue weighted by Gasteiger charge is -2.09. The van der Waals surface area contributed by atoms with E-state index in [1.807, 2.05) is 18.2 Å². The summed E-state index contributed by atoms with van der Waals surface area (Å²) in [7, 11) is 3.23. The molecule has 0 fully saturated rings. The van der Waals surface area contributed by atoms with Crippen molar-refractivity contribution in [2.45, 2.75) is 17.0 Å². The number of thioether (sulfide) groups is 1. The van der Waals surface area contributed by atoms with Gasteiger partial charge in [0, 0.05) is 11.3 Å². The predicted octanol–water partition coefficient (Wildman–Crippen LogP) is 3.46. The summed E-state index contributed by atoms with van der Waals surface area (Å²) in [6, 6.07) is 5.60. The summed E-state index contributed by atoms with van der Waals surface area (Å²) < 4.78 is 11.3. The summed E-state index contributed by atoms with van der Waals surface area (Å²) in [5.41, 5.74) is 1.53. The van der Waals surface area contributed by atoms with Gasteiger partial charge in [0.05, 0.1) is 19.9 Å². The van der Waals surface area contributed by atoms with Gasteiger partial charge in [-0.15, -0.1) is 11.3 Å². The van der Waals surface area contributed by atoms with Gasteiger partial charge in [-0.25, -0.2) is 9.78 Å². The standard InChI is InChI=1S/C14H15NO4S2/c1-8-12(13(16)17)21-14(15-8)20-7-9-6-10(18-2)4-5-11(9)19-3/h4-6H,7H2,1-3H3,(H,16,17). The van der Waals surface area contributed by atoms with Crippen molar-refractivity contribution in [2.75, 3.05) is 14.2 Å². The second-order valence-corrected chi connectivity index (χ2v) is 6.39. The number of benzene rings is 1. The molecule has 0 aliphatic rings. The average Bonchev–Trinajstić information content (AvgIpc) is 2.86. The highest BCUT2D eigenvalue weighted by Gasteiger charge is 2.15. The van der Waals surface area contributed by atoms with Gasteiger partial charge >= 0.3 is 5.97 Å². The van der Waals surface area contributed by atoms with Gasteiger partial charge < -0.3 is 14.6 Å². The van der Waals surface area contributed by atoms with E-state index in [2.05, 4.69) is 4.98 Å². The van der Waals surface area contributed by atoms with Crippen LogP contribution in [0.2, 0.25) is 0 Å². The van der Waals surface area contributed by atoms with E-state index in [1.54, 1.807) is 21.1 Å². The minimum Gasteiger partial charge on any atom is -0.497 e. The molecule has 0 saturated heterocycles. The highest BCUT2D eigenvalue weighted by Crippen LogP contribution is 2.33. The first-order chi connectivity index (χ1) is 10.0. The minimum atomic E-state index is -0.934. The number of hydrogen-bond donors (Lipinski definition) is 1. The van der Waals surface area contributed by atoms with Crippen LogP contribution in [0.25, 0.3) is 0 Å². The number of carboxylic acid groups (broad SMARTS) is 1. The molecule has 1 heterocycles. The average molecular weight is 325 g/mol. The first-order valence-corrected chi connectivity index (χ1v) is 7.89. The van der Waals surface area contributed by atoms with Crippen molar-refractivity contribution < 1.29 is 19.4 Å². The number of aromatic carboxylic acids is 1. The number of nitrogens with zero attached hydrogens (tertiary/aromatic N) is 1. The molecule has 0 atom stereocenters. The molecule has 0 aliphatic heterocycles. The van der Waals surface area contributed by atoms with Gasteiger partial charge in [0.1, 0.15) is 16.4 Å². The van der Waals surface area contributed by atoms with Crippen LogP contribution in [0.15, 0.2) is 22.5 Å². The van der Waals surface area contributed by atoms with Crippen molar-refractivity contribution in [1.82, 2.24) is 4.98 Å². The van der Waals surface area contributed by atoms with Crippen LogP contribution in [0.1, 0.15) is 20.9 Å². The lowest BCUT2D eigenvalue weighted by molar-refractivity contribution is 0.0701. The van der Waals surface area contributed by atoms with E-state index < -0.39 is 5.97 Å². The zero-order chi connectivity index (χ0) is 15.4. The molecule has 0 radical (unpaired) electrons. The Bertz CT molecular complexity index is 654. The van der Waals surface area contributed by atoms with Crippen molar-refractivity contribution in [1.29, 1.82) is 0 Å². The topological polar surface area (TPSA) is 68.7 Å². The Labute approximate surface area is 130 Å². The Balaban J connectivity index is 2.15. The summed E-state index contributed by atoms with van der Waals surface area (Å²) in [6.07, 6.45) is 0. The summed E-state index contributed by atoms with van der Waals surface area (Å²) in [5.74, 6) is 1.23. The number of carbonyl (C=O) groups is 1. The molecule has 0 spiro atoms. The van der Waals surface area contributed by atoms with E-state index in [0.717, 1.165) is 21.4 Å². The van der Waals surface area contributed by atoms with Crippen LogP contribution in [0, 0.1) is 6.92 Å². The molecule has 2 aromatic rings. The summed E-state index contributed by atoms with van der Waals surface area (Å²) >= 11 is 2.67. The molecule has 1 N–H and O–H groups in total. The van der Waals surface area contributed by atoms with Gasteiger partial charge in [-0.1, -0.05) is 11.8 Å². The Kier molecular flexibility index (Phi) is 5.08. The molecule has 0 bridgehead atoms. The third kappa shape index (κ3) is 3.68. The summed E-state index contributed by atoms with van der Waals surface area (Å²) in [5, 5.41) is 9.04. The van der Waals surface area contributed by atoms with Crippen LogP contribution in [0.5, 0.6) is 11.5 Å². The van der Waals surface area contributed by atoms with Gasteiger partial charge in [-0.05, 0) is 25.1 Å². The molecule has 0 amide bonds. The molecule has 21 heavy (non-hydrogen) atoms. The monoisotopic (exact) mass is 325 g/mol. The lowest BCUT2D eigenvalue weighted by Crippen LogP contribution is -1.94. The molecule has 0 unspecified atom stereocenters. The molecule has 0 saturated carbocycles. The van der Waals surface area contributed by atoms with Gasteiger partial charge in [-0.2, -0.15) is 0 Å². The van der Waals surface area contributed by atoms with Crippen LogP contribution in [-0.2, 0) is 5.75 Å². The van der Waals surface area contributed by atoms with Crippen molar-refractivity contribution in [2.24, 2.45) is 0 Å². The van der Waals surface area contributed by atoms with Crippen LogP contribution >= 0.6 is 23.1 Å². The highest BCUT2D eigenvalue weighted by molar-refractivity contribution is 8.00. The van der Waals surface area contributed by atoms with Crippen molar-refractivity contribution in [3.63, 3.8) is 0 Å². The quantitative estimate of drug-likeness (QED) is 0.820. The molecule has 7 heteroatoms. The molecule has 1 aromatic heterocycles. The Morgan fingerprint density at radius 3 is 2.71 bits per heavy atom. The fraction of sp³-hybridized carbons (Fsp3) is 0.286. The number of thiazole rings is 1. The first-order valence-electron chi connectivity index (χ1n) is 6.09. The Hall–Kier alpha value is -1.73. The largest absolute Gasteiger partial charge is 0.497 e. The summed E-state index contributed by atoms with van der Waals surface area (Å²) in [4.78, 5) is 15.6. The number of methoxy groups -OCH3 is 2. The predicted molar refractivity (Wildman–Crippen MR) is 82.9 cm³/mol. The van der Waals surface area contributed by atoms with Crippen LogP contribution < -0.4 is 9.47 Å². The molecule has 5 nitrogen and oxygen atoms in total. The van der Waals surface area contributed by atoms with Crippen LogP contribution in [-0.4, -0.2) is 30.3 Å². The number of hydrogen-bond acceptors (Lipinski definition) is 6. The van der Waals surface area contributed by atoms with Crippen molar-refractivity contribution >= 4 is 29.1 Å². The first kappa shape index (κ1) is 15.7. The van der Waals surface area contributed by atoms with E-state index in [9.17, 15) is 4.79 Å². The van der Waals surface area contributed by atoms with E-state index in [-0.39, 0.29) is 4.88 Å². The van der Waals surface area contributed by atoms with Crippen molar-refractivity contribution in [3.8, 4) is 11.5 Å². The zero-order valence-electron chi connectivity index (χ0n) is 11.9. The highest BCUT2D eigenvalue weighted by atomic mass is 32.2. The van der Waals surface area contributed by atoms with E-state index in [0.29, 0.717) is 11.4 Å². The maximum Gasteiger partial charge on any atom is 0.347 e. The van der Waals surface area contributed by atoms with E-state index >= 15 is 0 Å². The van der Waals surface area contributed by atoms with Gasteiger partial charge in [0.2, 0.25) is 0 Å². The zero-order valence-corrected chi connectivity index (χ0v) is 13.5. The fourth-order valence-electron chi connectivity index (χ4n) is 1.77. The molecule has 1 aromatic carbocycles. The third-order valence-corrected chi connectivity index (χ3v) is 5.15. The third-order valence-electron chi connectivity index (χ3n) is 2.81. The van der Waals surface area contributed by atoms with E-state index in [4.69, 9.17) is 14.6 Å². The second-order valence-electron chi connectivity index (χ2n) is 4.17. The minimum absolute atomic E-state index is 0.287. The molecule has 2 rings (SSSR count). The van der Waals surface area contributed by atoms with E-state index in [1.165, 1.54) is 23.1 Å². The van der Waals surface area contributed by atoms with Crippen LogP contribution in [0.3, 0.4) is 0 Å². The molecular formula is C14H15NO4S2. The van der Waals surface area contributed by atoms with Gasteiger partial charge in [0.15, 0.2) is 4.34 Å². The fourth-order valence-corrected chi connectivity index (χ4v) is 3.77. The molecule has 0 aliphatic carbocycles. The Morgan fingerprint density at radius 2 is 2.14 bits per heavy atom. The number of aryl methyl sites for hydroxylation is 1. The molecule has 112 valence electrons. The maximum atomic E-state index is 11.0. The number of rotatable bonds is 6. The number of carboxylic acids is 1. The lowest BCUT2D eigenvalue weighted by atomic mass is 10.2. The van der Waals surface area contributed by atoms with Gasteiger partial charge in [-0.3, -0.25) is 0 Å². The maximum absolute atomic E-state index is 11.0. The number of ether oxygens (including phenoxy) is 2. The SMILES string of the molecule is COc1ccc(OC)c(CSc2nc(C)c(C(=O)O)s2)c1. The number of aromatic nitrogens is 1. The van der Waals surface area contributed by atoms with Crippen molar-refractivity contribution in [3.05, 3.63) is 34.3 Å². The van der Waals surface area contributed by atoms with Gasteiger partial charge in [0.25, 0.3) is 0 Å². The smallest absolute Gasteiger partial charge is 0.347 e. The second kappa shape index (κ2) is 6.82. The molecular weight excluding hydrogens is 310 g/mol. The van der Waals surface area contributed by atoms with Crippen LogP contribution in [0.4, 0.5) is 0 Å². The Morgan fingerprint density at radius 1 is 1.38 bits per heavy atom.